The lowest BCUT2D eigenvalue weighted by Gasteiger charge is -2.19. The van der Waals surface area contributed by atoms with Gasteiger partial charge in [-0.2, -0.15) is 0 Å². The lowest BCUT2D eigenvalue weighted by atomic mass is 10.1. The topological polar surface area (TPSA) is 117 Å². The fourth-order valence-electron chi connectivity index (χ4n) is 3.56. The lowest BCUT2D eigenvalue weighted by Crippen LogP contribution is -2.33. The zero-order valence-electron chi connectivity index (χ0n) is 18.4. The second-order valence-electron chi connectivity index (χ2n) is 7.90. The van der Waals surface area contributed by atoms with Crippen LogP contribution in [0.5, 0.6) is 0 Å². The molecule has 4 rings (SSSR count). The van der Waals surface area contributed by atoms with E-state index in [0.29, 0.717) is 15.6 Å². The van der Waals surface area contributed by atoms with Crippen molar-refractivity contribution in [1.29, 1.82) is 0 Å². The van der Waals surface area contributed by atoms with E-state index in [2.05, 4.69) is 4.98 Å². The van der Waals surface area contributed by atoms with Gasteiger partial charge in [-0.05, 0) is 55.5 Å². The Morgan fingerprint density at radius 1 is 1.00 bits per heavy atom. The summed E-state index contributed by atoms with van der Waals surface area (Å²) in [6, 6.07) is 12.3. The molecule has 1 N–H and O–H groups in total. The van der Waals surface area contributed by atoms with Crippen LogP contribution >= 0.6 is 23.2 Å². The van der Waals surface area contributed by atoms with Crippen molar-refractivity contribution in [3.63, 3.8) is 0 Å². The number of halogens is 2. The van der Waals surface area contributed by atoms with Gasteiger partial charge < -0.3 is 14.2 Å². The Kier molecular flexibility index (Phi) is 7.39. The average Bonchev–Trinajstić information content (AvgIpc) is 3.22. The van der Waals surface area contributed by atoms with E-state index in [-0.39, 0.29) is 24.2 Å². The standard InChI is InChI=1S/C24H20Cl2N2O7/c1-13-11-28(24(32)27-21(13)29)20-10-18(35-23(31)15-4-8-17(26)9-5-15)19(34-20)12-33-22(30)14-2-6-16(25)7-3-14/h2-9,11,18-20H,10,12H2,1H3,(H,27,29,32)/t18-,19+,20-/m1/s1. The molecule has 0 unspecified atom stereocenters. The smallest absolute Gasteiger partial charge is 0.338 e. The Hall–Kier alpha value is -3.40. The minimum atomic E-state index is -0.869. The number of aromatic nitrogens is 2. The predicted octanol–water partition coefficient (Wildman–Crippen LogP) is 3.52. The third kappa shape index (κ3) is 5.82. The molecule has 0 saturated carbocycles. The summed E-state index contributed by atoms with van der Waals surface area (Å²) in [5.41, 5.74) is -0.325. The molecule has 0 amide bonds. The number of aromatic amines is 1. The zero-order chi connectivity index (χ0) is 25.1. The number of hydrogen-bond donors (Lipinski definition) is 1. The Morgan fingerprint density at radius 2 is 1.57 bits per heavy atom. The summed E-state index contributed by atoms with van der Waals surface area (Å²) < 4.78 is 18.2. The van der Waals surface area contributed by atoms with Gasteiger partial charge in [-0.15, -0.1) is 0 Å². The number of hydrogen-bond acceptors (Lipinski definition) is 7. The molecule has 1 aliphatic heterocycles. The van der Waals surface area contributed by atoms with Crippen molar-refractivity contribution in [3.05, 3.63) is 102 Å². The molecule has 3 atom stereocenters. The SMILES string of the molecule is Cc1cn([C@H]2C[C@@H](OC(=O)c3ccc(Cl)cc3)[C@H](COC(=O)c3ccc(Cl)cc3)O2)c(=O)[nH]c1=O. The molecule has 0 aliphatic carbocycles. The van der Waals surface area contributed by atoms with Gasteiger partial charge in [-0.25, -0.2) is 14.4 Å². The molecular formula is C24H20Cl2N2O7. The highest BCUT2D eigenvalue weighted by atomic mass is 35.5. The molecule has 1 aliphatic rings. The fourth-order valence-corrected chi connectivity index (χ4v) is 3.82. The third-order valence-corrected chi connectivity index (χ3v) is 5.94. The Morgan fingerprint density at radius 3 is 2.17 bits per heavy atom. The maximum absolute atomic E-state index is 12.7. The van der Waals surface area contributed by atoms with Crippen molar-refractivity contribution in [2.45, 2.75) is 31.8 Å². The molecule has 3 aromatic rings. The summed E-state index contributed by atoms with van der Waals surface area (Å²) in [4.78, 5) is 51.5. The van der Waals surface area contributed by atoms with Crippen LogP contribution in [0, 0.1) is 6.92 Å². The van der Waals surface area contributed by atoms with E-state index in [4.69, 9.17) is 37.4 Å². The Bertz CT molecular complexity index is 1350. The number of ether oxygens (including phenoxy) is 3. The molecule has 0 bridgehead atoms. The Balaban J connectivity index is 1.53. The minimum Gasteiger partial charge on any atom is -0.459 e. The highest BCUT2D eigenvalue weighted by molar-refractivity contribution is 6.31. The highest BCUT2D eigenvalue weighted by Gasteiger charge is 2.40. The fraction of sp³-hybridized carbons (Fsp3) is 0.250. The first-order valence-corrected chi connectivity index (χ1v) is 11.3. The van der Waals surface area contributed by atoms with E-state index < -0.39 is 41.6 Å². The molecule has 0 spiro atoms. The number of aryl methyl sites for hydroxylation is 1. The molecule has 0 radical (unpaired) electrons. The summed E-state index contributed by atoms with van der Waals surface area (Å²) in [7, 11) is 0. The number of rotatable bonds is 6. The molecular weight excluding hydrogens is 499 g/mol. The molecule has 1 fully saturated rings. The van der Waals surface area contributed by atoms with Crippen LogP contribution in [0.2, 0.25) is 10.0 Å². The van der Waals surface area contributed by atoms with E-state index >= 15 is 0 Å². The monoisotopic (exact) mass is 518 g/mol. The molecule has 2 aromatic carbocycles. The van der Waals surface area contributed by atoms with Gasteiger partial charge in [-0.1, -0.05) is 23.2 Å². The summed E-state index contributed by atoms with van der Waals surface area (Å²) in [6.45, 7) is 1.31. The van der Waals surface area contributed by atoms with Crippen LogP contribution < -0.4 is 11.2 Å². The second-order valence-corrected chi connectivity index (χ2v) is 8.77. The number of carbonyl (C=O) groups excluding carboxylic acids is 2. The van der Waals surface area contributed by atoms with Crippen LogP contribution in [0.3, 0.4) is 0 Å². The Labute approximate surface area is 209 Å². The van der Waals surface area contributed by atoms with Gasteiger partial charge in [0.05, 0.1) is 11.1 Å². The van der Waals surface area contributed by atoms with Crippen LogP contribution in [0.25, 0.3) is 0 Å². The van der Waals surface area contributed by atoms with Crippen molar-refractivity contribution < 1.29 is 23.8 Å². The molecule has 35 heavy (non-hydrogen) atoms. The normalized spacial score (nSPS) is 19.3. The number of benzene rings is 2. The zero-order valence-corrected chi connectivity index (χ0v) is 19.9. The number of carbonyl (C=O) groups is 2. The largest absolute Gasteiger partial charge is 0.459 e. The van der Waals surface area contributed by atoms with Crippen molar-refractivity contribution in [2.75, 3.05) is 6.61 Å². The van der Waals surface area contributed by atoms with Crippen LogP contribution in [-0.2, 0) is 14.2 Å². The minimum absolute atomic E-state index is 0.0912. The second kappa shape index (κ2) is 10.5. The van der Waals surface area contributed by atoms with Crippen molar-refractivity contribution in [3.8, 4) is 0 Å². The molecule has 1 aromatic heterocycles. The number of nitrogens with zero attached hydrogens (tertiary/aromatic N) is 1. The van der Waals surface area contributed by atoms with E-state index in [1.54, 1.807) is 31.2 Å². The third-order valence-electron chi connectivity index (χ3n) is 5.43. The van der Waals surface area contributed by atoms with E-state index in [1.807, 2.05) is 0 Å². The molecule has 9 nitrogen and oxygen atoms in total. The molecule has 182 valence electrons. The summed E-state index contributed by atoms with van der Waals surface area (Å²) in [5, 5.41) is 0.935. The van der Waals surface area contributed by atoms with Crippen LogP contribution in [0.1, 0.15) is 38.9 Å². The predicted molar refractivity (Wildman–Crippen MR) is 127 cm³/mol. The quantitative estimate of drug-likeness (QED) is 0.496. The van der Waals surface area contributed by atoms with Crippen LogP contribution in [0.15, 0.2) is 64.3 Å². The summed E-state index contributed by atoms with van der Waals surface area (Å²) in [6.07, 6.45) is -1.12. The van der Waals surface area contributed by atoms with E-state index in [9.17, 15) is 19.2 Å². The van der Waals surface area contributed by atoms with Crippen molar-refractivity contribution in [2.24, 2.45) is 0 Å². The van der Waals surface area contributed by atoms with Crippen molar-refractivity contribution in [1.82, 2.24) is 9.55 Å². The van der Waals surface area contributed by atoms with Gasteiger partial charge in [-0.3, -0.25) is 14.3 Å². The lowest BCUT2D eigenvalue weighted by molar-refractivity contribution is -0.0582. The highest BCUT2D eigenvalue weighted by Crippen LogP contribution is 2.31. The first-order chi connectivity index (χ1) is 16.7. The molecule has 2 heterocycles. The molecule has 11 heteroatoms. The van der Waals surface area contributed by atoms with Gasteiger partial charge in [0, 0.05) is 28.2 Å². The van der Waals surface area contributed by atoms with Gasteiger partial charge in [0.15, 0.2) is 0 Å². The first kappa shape index (κ1) is 24.7. The number of esters is 2. The number of H-pyrrole nitrogens is 1. The average molecular weight is 519 g/mol. The van der Waals surface area contributed by atoms with Gasteiger partial charge in [0.25, 0.3) is 5.56 Å². The molecule has 1 saturated heterocycles. The van der Waals surface area contributed by atoms with Gasteiger partial charge >= 0.3 is 17.6 Å². The summed E-state index contributed by atoms with van der Waals surface area (Å²) >= 11 is 11.7. The van der Waals surface area contributed by atoms with Gasteiger partial charge in [0.1, 0.15) is 25.0 Å². The number of nitrogens with one attached hydrogen (secondary N) is 1. The van der Waals surface area contributed by atoms with Gasteiger partial charge in [0.2, 0.25) is 0 Å². The van der Waals surface area contributed by atoms with E-state index in [0.717, 1.165) is 0 Å². The first-order valence-electron chi connectivity index (χ1n) is 10.6. The summed E-state index contributed by atoms with van der Waals surface area (Å²) in [5.74, 6) is -1.25. The van der Waals surface area contributed by atoms with Crippen LogP contribution in [-0.4, -0.2) is 40.3 Å². The van der Waals surface area contributed by atoms with Crippen LogP contribution in [0.4, 0.5) is 0 Å². The van der Waals surface area contributed by atoms with Crippen molar-refractivity contribution >= 4 is 35.1 Å². The maximum atomic E-state index is 12.7. The van der Waals surface area contributed by atoms with E-state index in [1.165, 1.54) is 35.0 Å². The maximum Gasteiger partial charge on any atom is 0.338 e.